The standard InChI is InChI=1S/C9H15BrN4O2/c1-5-8(10)6(2)14(13-5)7(4-16-3)9(15)12-11/h7H,4,11H2,1-3H3,(H,12,15). The molecule has 1 aromatic heterocycles. The molecule has 1 atom stereocenters. The number of hydrazine groups is 1. The first kappa shape index (κ1) is 13.1. The molecule has 0 saturated carbocycles. The van der Waals surface area contributed by atoms with Gasteiger partial charge in [0.05, 0.1) is 22.5 Å². The van der Waals surface area contributed by atoms with Gasteiger partial charge in [-0.05, 0) is 29.8 Å². The molecule has 0 saturated heterocycles. The first-order chi connectivity index (χ1) is 7.52. The van der Waals surface area contributed by atoms with Crippen molar-refractivity contribution in [3.8, 4) is 0 Å². The molecular weight excluding hydrogens is 276 g/mol. The van der Waals surface area contributed by atoms with Crippen LogP contribution in [0.15, 0.2) is 4.47 Å². The third kappa shape index (κ3) is 2.42. The van der Waals surface area contributed by atoms with Crippen molar-refractivity contribution < 1.29 is 9.53 Å². The highest BCUT2D eigenvalue weighted by molar-refractivity contribution is 9.10. The van der Waals surface area contributed by atoms with Crippen molar-refractivity contribution in [3.05, 3.63) is 15.9 Å². The summed E-state index contributed by atoms with van der Waals surface area (Å²) in [7, 11) is 1.53. The number of halogens is 1. The summed E-state index contributed by atoms with van der Waals surface area (Å²) in [5.74, 6) is 4.79. The number of hydrogen-bond donors (Lipinski definition) is 2. The minimum Gasteiger partial charge on any atom is -0.382 e. The fourth-order valence-corrected chi connectivity index (χ4v) is 1.72. The average Bonchev–Trinajstić information content (AvgIpc) is 2.53. The van der Waals surface area contributed by atoms with Crippen LogP contribution in [0, 0.1) is 13.8 Å². The van der Waals surface area contributed by atoms with E-state index in [1.165, 1.54) is 7.11 Å². The molecule has 1 rings (SSSR count). The fraction of sp³-hybridized carbons (Fsp3) is 0.556. The van der Waals surface area contributed by atoms with Crippen LogP contribution in [0.25, 0.3) is 0 Å². The second-order valence-electron chi connectivity index (χ2n) is 3.41. The van der Waals surface area contributed by atoms with Crippen LogP contribution in [0.2, 0.25) is 0 Å². The molecular formula is C9H15BrN4O2. The van der Waals surface area contributed by atoms with Crippen molar-refractivity contribution in [2.24, 2.45) is 5.84 Å². The van der Waals surface area contributed by atoms with Gasteiger partial charge in [-0.3, -0.25) is 14.9 Å². The summed E-state index contributed by atoms with van der Waals surface area (Å²) in [4.78, 5) is 11.6. The Labute approximate surface area is 102 Å². The number of aromatic nitrogens is 2. The summed E-state index contributed by atoms with van der Waals surface area (Å²) >= 11 is 3.40. The number of carbonyl (C=O) groups excluding carboxylic acids is 1. The van der Waals surface area contributed by atoms with E-state index in [9.17, 15) is 4.79 Å². The number of aryl methyl sites for hydroxylation is 1. The zero-order chi connectivity index (χ0) is 12.3. The molecule has 0 radical (unpaired) electrons. The summed E-state index contributed by atoms with van der Waals surface area (Å²) < 4.78 is 7.48. The number of nitrogens with two attached hydrogens (primary N) is 1. The van der Waals surface area contributed by atoms with Gasteiger partial charge in [0.25, 0.3) is 5.91 Å². The van der Waals surface area contributed by atoms with Crippen molar-refractivity contribution in [2.75, 3.05) is 13.7 Å². The van der Waals surface area contributed by atoms with Crippen molar-refractivity contribution >= 4 is 21.8 Å². The highest BCUT2D eigenvalue weighted by Gasteiger charge is 2.23. The van der Waals surface area contributed by atoms with Crippen LogP contribution in [0.1, 0.15) is 17.4 Å². The van der Waals surface area contributed by atoms with Crippen molar-refractivity contribution in [3.63, 3.8) is 0 Å². The second-order valence-corrected chi connectivity index (χ2v) is 4.20. The van der Waals surface area contributed by atoms with Gasteiger partial charge in [0.1, 0.15) is 0 Å². The molecule has 6 nitrogen and oxygen atoms in total. The maximum absolute atomic E-state index is 11.6. The molecule has 0 aromatic carbocycles. The Kier molecular flexibility index (Phi) is 4.45. The monoisotopic (exact) mass is 290 g/mol. The first-order valence-electron chi connectivity index (χ1n) is 4.73. The highest BCUT2D eigenvalue weighted by atomic mass is 79.9. The van der Waals surface area contributed by atoms with Gasteiger partial charge in [-0.1, -0.05) is 0 Å². The normalized spacial score (nSPS) is 12.6. The van der Waals surface area contributed by atoms with E-state index in [4.69, 9.17) is 10.6 Å². The Hall–Kier alpha value is -0.920. The van der Waals surface area contributed by atoms with E-state index in [1.54, 1.807) is 4.68 Å². The van der Waals surface area contributed by atoms with Crippen molar-refractivity contribution in [2.45, 2.75) is 19.9 Å². The molecule has 1 unspecified atom stereocenters. The topological polar surface area (TPSA) is 82.2 Å². The van der Waals surface area contributed by atoms with Gasteiger partial charge >= 0.3 is 0 Å². The summed E-state index contributed by atoms with van der Waals surface area (Å²) in [6.45, 7) is 3.95. The van der Waals surface area contributed by atoms with Gasteiger partial charge in [-0.25, -0.2) is 5.84 Å². The SMILES string of the molecule is COCC(C(=O)NN)n1nc(C)c(Br)c1C. The van der Waals surface area contributed by atoms with Gasteiger partial charge in [0.2, 0.25) is 0 Å². The van der Waals surface area contributed by atoms with E-state index in [0.717, 1.165) is 15.9 Å². The van der Waals surface area contributed by atoms with Gasteiger partial charge in [0, 0.05) is 7.11 Å². The smallest absolute Gasteiger partial charge is 0.261 e. The van der Waals surface area contributed by atoms with Gasteiger partial charge < -0.3 is 4.74 Å². The van der Waals surface area contributed by atoms with Crippen LogP contribution in [0.5, 0.6) is 0 Å². The molecule has 0 aliphatic rings. The average molecular weight is 291 g/mol. The zero-order valence-electron chi connectivity index (χ0n) is 9.45. The third-order valence-electron chi connectivity index (χ3n) is 2.30. The first-order valence-corrected chi connectivity index (χ1v) is 5.52. The number of nitrogens with zero attached hydrogens (tertiary/aromatic N) is 2. The lowest BCUT2D eigenvalue weighted by molar-refractivity contribution is -0.126. The van der Waals surface area contributed by atoms with E-state index in [-0.39, 0.29) is 12.5 Å². The third-order valence-corrected chi connectivity index (χ3v) is 3.45. The molecule has 0 fully saturated rings. The molecule has 3 N–H and O–H groups in total. The zero-order valence-corrected chi connectivity index (χ0v) is 11.0. The van der Waals surface area contributed by atoms with E-state index in [2.05, 4.69) is 26.5 Å². The molecule has 90 valence electrons. The van der Waals surface area contributed by atoms with E-state index < -0.39 is 6.04 Å². The Balaban J connectivity index is 3.10. The van der Waals surface area contributed by atoms with Gasteiger partial charge in [0.15, 0.2) is 6.04 Å². The molecule has 7 heteroatoms. The molecule has 1 amide bonds. The number of rotatable bonds is 4. The molecule has 0 aliphatic carbocycles. The van der Waals surface area contributed by atoms with Crippen LogP contribution in [0.4, 0.5) is 0 Å². The van der Waals surface area contributed by atoms with Crippen LogP contribution in [-0.2, 0) is 9.53 Å². The molecule has 1 heterocycles. The van der Waals surface area contributed by atoms with Gasteiger partial charge in [-0.15, -0.1) is 0 Å². The number of carbonyl (C=O) groups is 1. The fourth-order valence-electron chi connectivity index (χ4n) is 1.46. The predicted octanol–water partition coefficient (Wildman–Crippen LogP) is 0.440. The van der Waals surface area contributed by atoms with Crippen molar-refractivity contribution in [1.29, 1.82) is 0 Å². The van der Waals surface area contributed by atoms with Crippen LogP contribution in [-0.4, -0.2) is 29.4 Å². The van der Waals surface area contributed by atoms with Crippen LogP contribution in [0.3, 0.4) is 0 Å². The van der Waals surface area contributed by atoms with E-state index in [0.29, 0.717) is 0 Å². The van der Waals surface area contributed by atoms with Gasteiger partial charge in [-0.2, -0.15) is 5.10 Å². The highest BCUT2D eigenvalue weighted by Crippen LogP contribution is 2.23. The minimum atomic E-state index is -0.556. The quantitative estimate of drug-likeness (QED) is 0.479. The Morgan fingerprint density at radius 3 is 2.69 bits per heavy atom. The van der Waals surface area contributed by atoms with E-state index in [1.807, 2.05) is 13.8 Å². The summed E-state index contributed by atoms with van der Waals surface area (Å²) in [6, 6.07) is -0.556. The van der Waals surface area contributed by atoms with Crippen LogP contribution < -0.4 is 11.3 Å². The van der Waals surface area contributed by atoms with Crippen molar-refractivity contribution in [1.82, 2.24) is 15.2 Å². The molecule has 16 heavy (non-hydrogen) atoms. The summed E-state index contributed by atoms with van der Waals surface area (Å²) in [6.07, 6.45) is 0. The Morgan fingerprint density at radius 2 is 2.31 bits per heavy atom. The molecule has 1 aromatic rings. The molecule has 0 spiro atoms. The lowest BCUT2D eigenvalue weighted by Gasteiger charge is -2.16. The minimum absolute atomic E-state index is 0.220. The number of methoxy groups -OCH3 is 1. The second kappa shape index (κ2) is 5.42. The lowest BCUT2D eigenvalue weighted by atomic mass is 10.3. The maximum Gasteiger partial charge on any atom is 0.261 e. The molecule has 0 aliphatic heterocycles. The molecule has 0 bridgehead atoms. The number of amides is 1. The number of nitrogens with one attached hydrogen (secondary N) is 1. The predicted molar refractivity (Wildman–Crippen MR) is 62.6 cm³/mol. The Bertz CT molecular complexity index is 391. The van der Waals surface area contributed by atoms with E-state index >= 15 is 0 Å². The van der Waals surface area contributed by atoms with Crippen LogP contribution >= 0.6 is 15.9 Å². The maximum atomic E-state index is 11.6. The Morgan fingerprint density at radius 1 is 1.69 bits per heavy atom. The summed E-state index contributed by atoms with van der Waals surface area (Å²) in [5, 5.41) is 4.27. The largest absolute Gasteiger partial charge is 0.382 e. The summed E-state index contributed by atoms with van der Waals surface area (Å²) in [5.41, 5.74) is 3.80. The lowest BCUT2D eigenvalue weighted by Crippen LogP contribution is -2.39. The number of hydrogen-bond acceptors (Lipinski definition) is 4. The number of ether oxygens (including phenoxy) is 1.